The molecule has 3 N–H and O–H groups in total. The summed E-state index contributed by atoms with van der Waals surface area (Å²) >= 11 is 0. The van der Waals surface area contributed by atoms with Crippen LogP contribution >= 0.6 is 0 Å². The van der Waals surface area contributed by atoms with Crippen LogP contribution in [-0.4, -0.2) is 33.7 Å². The van der Waals surface area contributed by atoms with E-state index < -0.39 is 21.7 Å². The van der Waals surface area contributed by atoms with E-state index >= 15 is 0 Å². The molecule has 0 saturated carbocycles. The number of sulfonamides is 1. The van der Waals surface area contributed by atoms with Crippen molar-refractivity contribution in [2.75, 3.05) is 29.4 Å². The average molecular weight is 391 g/mol. The van der Waals surface area contributed by atoms with Crippen LogP contribution in [0, 0.1) is 11.7 Å². The summed E-state index contributed by atoms with van der Waals surface area (Å²) in [5, 5.41) is 5.83. The van der Waals surface area contributed by atoms with Crippen molar-refractivity contribution in [2.45, 2.75) is 12.8 Å². The first-order valence-electron chi connectivity index (χ1n) is 8.68. The number of benzene rings is 2. The predicted octanol–water partition coefficient (Wildman–Crippen LogP) is 2.60. The Labute approximate surface area is 158 Å². The van der Waals surface area contributed by atoms with Gasteiger partial charge in [0.1, 0.15) is 5.82 Å². The van der Waals surface area contributed by atoms with Gasteiger partial charge in [-0.3, -0.25) is 9.52 Å². The van der Waals surface area contributed by atoms with Gasteiger partial charge in [0, 0.05) is 5.56 Å². The highest BCUT2D eigenvalue weighted by Gasteiger charge is 2.16. The van der Waals surface area contributed by atoms with Gasteiger partial charge in [0.15, 0.2) is 0 Å². The van der Waals surface area contributed by atoms with Crippen LogP contribution in [0.5, 0.6) is 0 Å². The monoisotopic (exact) mass is 391 g/mol. The van der Waals surface area contributed by atoms with Gasteiger partial charge in [-0.05, 0) is 67.7 Å². The van der Waals surface area contributed by atoms with E-state index in [9.17, 15) is 17.6 Å². The predicted molar refractivity (Wildman–Crippen MR) is 104 cm³/mol. The molecule has 6 nitrogen and oxygen atoms in total. The first-order chi connectivity index (χ1) is 12.8. The molecule has 0 bridgehead atoms. The summed E-state index contributed by atoms with van der Waals surface area (Å²) in [5.41, 5.74) is 1.58. The van der Waals surface area contributed by atoms with Crippen molar-refractivity contribution in [1.82, 2.24) is 5.32 Å². The maximum absolute atomic E-state index is 14.0. The highest BCUT2D eigenvalue weighted by Crippen LogP contribution is 2.22. The van der Waals surface area contributed by atoms with Crippen molar-refractivity contribution < 1.29 is 17.6 Å². The Bertz CT molecular complexity index is 941. The van der Waals surface area contributed by atoms with Crippen LogP contribution in [0.3, 0.4) is 0 Å². The Morgan fingerprint density at radius 2 is 2.07 bits per heavy atom. The zero-order valence-corrected chi connectivity index (χ0v) is 15.8. The number of amides is 1. The second-order valence-electron chi connectivity index (χ2n) is 6.79. The second kappa shape index (κ2) is 8.06. The summed E-state index contributed by atoms with van der Waals surface area (Å²) in [5.74, 6) is -0.535. The van der Waals surface area contributed by atoms with Crippen LogP contribution in [0.15, 0.2) is 42.5 Å². The highest BCUT2D eigenvalue weighted by atomic mass is 32.2. The number of carbonyl (C=O) groups is 1. The molecule has 2 aromatic rings. The number of hydrogen-bond donors (Lipinski definition) is 3. The summed E-state index contributed by atoms with van der Waals surface area (Å²) in [6.45, 7) is 1.99. The number of halogens is 1. The zero-order valence-electron chi connectivity index (χ0n) is 15.0. The summed E-state index contributed by atoms with van der Waals surface area (Å²) in [7, 11) is -3.49. The fraction of sp³-hybridized carbons (Fsp3) is 0.316. The molecule has 1 unspecified atom stereocenters. The number of carbonyl (C=O) groups excluding carboxylic acids is 1. The maximum atomic E-state index is 14.0. The molecule has 1 aliphatic heterocycles. The molecule has 1 atom stereocenters. The summed E-state index contributed by atoms with van der Waals surface area (Å²) in [4.78, 5) is 12.5. The van der Waals surface area contributed by atoms with Crippen LogP contribution < -0.4 is 15.4 Å². The van der Waals surface area contributed by atoms with Gasteiger partial charge in [-0.1, -0.05) is 12.1 Å². The number of rotatable bonds is 6. The Morgan fingerprint density at radius 1 is 1.26 bits per heavy atom. The third-order valence-corrected chi connectivity index (χ3v) is 5.00. The van der Waals surface area contributed by atoms with Gasteiger partial charge in [-0.15, -0.1) is 0 Å². The minimum Gasteiger partial charge on any atom is -0.319 e. The molecule has 0 radical (unpaired) electrons. The normalized spacial score (nSPS) is 16.9. The number of anilines is 2. The summed E-state index contributed by atoms with van der Waals surface area (Å²) in [6.07, 6.45) is 3.00. The van der Waals surface area contributed by atoms with E-state index in [0.717, 1.165) is 43.8 Å². The van der Waals surface area contributed by atoms with E-state index in [4.69, 9.17) is 0 Å². The average Bonchev–Trinajstić information content (AvgIpc) is 3.10. The first kappa shape index (κ1) is 19.3. The Balaban J connectivity index is 1.74. The summed E-state index contributed by atoms with van der Waals surface area (Å²) < 4.78 is 38.9. The van der Waals surface area contributed by atoms with Crippen LogP contribution in [0.4, 0.5) is 15.8 Å². The molecule has 1 heterocycles. The highest BCUT2D eigenvalue weighted by molar-refractivity contribution is 7.92. The van der Waals surface area contributed by atoms with Crippen molar-refractivity contribution in [2.24, 2.45) is 5.92 Å². The lowest BCUT2D eigenvalue weighted by atomic mass is 9.97. The molecule has 1 fully saturated rings. The Hall–Kier alpha value is -2.45. The molecule has 0 aromatic heterocycles. The lowest BCUT2D eigenvalue weighted by Gasteiger charge is -2.12. The molecule has 2 aromatic carbocycles. The van der Waals surface area contributed by atoms with Gasteiger partial charge in [0.2, 0.25) is 10.0 Å². The largest absolute Gasteiger partial charge is 0.319 e. The molecule has 1 aliphatic rings. The SMILES string of the molecule is CS(=O)(=O)Nc1ccc(F)c(NC(=O)c2cccc(CC3CCNC3)c2)c1. The lowest BCUT2D eigenvalue weighted by Crippen LogP contribution is -2.15. The zero-order chi connectivity index (χ0) is 19.4. The minimum atomic E-state index is -3.49. The topological polar surface area (TPSA) is 87.3 Å². The Morgan fingerprint density at radius 3 is 2.78 bits per heavy atom. The summed E-state index contributed by atoms with van der Waals surface area (Å²) in [6, 6.07) is 10.9. The molecule has 144 valence electrons. The molecule has 0 spiro atoms. The molecule has 1 amide bonds. The molecule has 8 heteroatoms. The fourth-order valence-electron chi connectivity index (χ4n) is 3.15. The molecular formula is C19H22FN3O3S. The molecule has 27 heavy (non-hydrogen) atoms. The van der Waals surface area contributed by atoms with Crippen molar-refractivity contribution in [3.8, 4) is 0 Å². The molecular weight excluding hydrogens is 369 g/mol. The smallest absolute Gasteiger partial charge is 0.255 e. The Kier molecular flexibility index (Phi) is 5.76. The van der Waals surface area contributed by atoms with Crippen molar-refractivity contribution in [3.05, 3.63) is 59.4 Å². The van der Waals surface area contributed by atoms with Gasteiger partial charge in [0.05, 0.1) is 17.6 Å². The quantitative estimate of drug-likeness (QED) is 0.706. The van der Waals surface area contributed by atoms with E-state index in [-0.39, 0.29) is 11.4 Å². The molecule has 0 aliphatic carbocycles. The third kappa shape index (κ3) is 5.51. The first-order valence-corrected chi connectivity index (χ1v) is 10.6. The minimum absolute atomic E-state index is 0.0842. The van der Waals surface area contributed by atoms with Gasteiger partial charge < -0.3 is 10.6 Å². The van der Waals surface area contributed by atoms with Crippen LogP contribution in [0.1, 0.15) is 22.3 Å². The number of nitrogens with one attached hydrogen (secondary N) is 3. The van der Waals surface area contributed by atoms with Crippen LogP contribution in [0.2, 0.25) is 0 Å². The van der Waals surface area contributed by atoms with Crippen molar-refractivity contribution in [1.29, 1.82) is 0 Å². The van der Waals surface area contributed by atoms with E-state index in [1.807, 2.05) is 18.2 Å². The van der Waals surface area contributed by atoms with E-state index in [1.54, 1.807) is 6.07 Å². The fourth-order valence-corrected chi connectivity index (χ4v) is 3.71. The van der Waals surface area contributed by atoms with Gasteiger partial charge in [-0.2, -0.15) is 0 Å². The van der Waals surface area contributed by atoms with Crippen molar-refractivity contribution in [3.63, 3.8) is 0 Å². The maximum Gasteiger partial charge on any atom is 0.255 e. The lowest BCUT2D eigenvalue weighted by molar-refractivity contribution is 0.102. The van der Waals surface area contributed by atoms with E-state index in [1.165, 1.54) is 12.1 Å². The molecule has 1 saturated heterocycles. The van der Waals surface area contributed by atoms with Gasteiger partial charge >= 0.3 is 0 Å². The number of hydrogen-bond acceptors (Lipinski definition) is 4. The van der Waals surface area contributed by atoms with E-state index in [0.29, 0.717) is 11.5 Å². The van der Waals surface area contributed by atoms with Crippen molar-refractivity contribution >= 4 is 27.3 Å². The third-order valence-electron chi connectivity index (χ3n) is 4.39. The van der Waals surface area contributed by atoms with Crippen LogP contribution in [0.25, 0.3) is 0 Å². The van der Waals surface area contributed by atoms with E-state index in [2.05, 4.69) is 15.4 Å². The second-order valence-corrected chi connectivity index (χ2v) is 8.53. The van der Waals surface area contributed by atoms with Gasteiger partial charge in [0.25, 0.3) is 5.91 Å². The standard InChI is InChI=1S/C19H22FN3O3S/c1-27(25,26)23-16-5-6-17(20)18(11-16)22-19(24)15-4-2-3-13(10-15)9-14-7-8-21-12-14/h2-6,10-11,14,21,23H,7-9,12H2,1H3,(H,22,24). The molecule has 3 rings (SSSR count). The van der Waals surface area contributed by atoms with Gasteiger partial charge in [-0.25, -0.2) is 12.8 Å². The van der Waals surface area contributed by atoms with Crippen LogP contribution in [-0.2, 0) is 16.4 Å².